The monoisotopic (exact) mass is 424 g/mol. The summed E-state index contributed by atoms with van der Waals surface area (Å²) in [5.41, 5.74) is 1.60. The molecule has 0 atom stereocenters. The summed E-state index contributed by atoms with van der Waals surface area (Å²) in [6, 6.07) is 10.9. The third kappa shape index (κ3) is 4.80. The minimum absolute atomic E-state index is 0.00779. The van der Waals surface area contributed by atoms with Crippen molar-refractivity contribution in [2.24, 2.45) is 5.92 Å². The van der Waals surface area contributed by atoms with Crippen molar-refractivity contribution in [2.75, 3.05) is 10.6 Å². The van der Waals surface area contributed by atoms with Gasteiger partial charge in [-0.3, -0.25) is 24.3 Å². The van der Waals surface area contributed by atoms with Gasteiger partial charge in [-0.25, -0.2) is 4.79 Å². The van der Waals surface area contributed by atoms with Crippen LogP contribution in [0, 0.1) is 16.0 Å². The van der Waals surface area contributed by atoms with Gasteiger partial charge in [-0.1, -0.05) is 6.07 Å². The van der Waals surface area contributed by atoms with Gasteiger partial charge < -0.3 is 15.1 Å². The molecule has 2 aromatic carbocycles. The lowest BCUT2D eigenvalue weighted by atomic mass is 10.2. The summed E-state index contributed by atoms with van der Waals surface area (Å²) >= 11 is 0. The van der Waals surface area contributed by atoms with E-state index in [4.69, 9.17) is 4.42 Å². The van der Waals surface area contributed by atoms with Crippen LogP contribution in [0.5, 0.6) is 0 Å². The van der Waals surface area contributed by atoms with Crippen LogP contribution < -0.4 is 16.4 Å². The second-order valence-corrected chi connectivity index (χ2v) is 7.42. The summed E-state index contributed by atoms with van der Waals surface area (Å²) in [4.78, 5) is 46.5. The third-order valence-corrected chi connectivity index (χ3v) is 5.01. The summed E-state index contributed by atoms with van der Waals surface area (Å²) in [5.74, 6) is -0.782. The Morgan fingerprint density at radius 2 is 1.87 bits per heavy atom. The normalized spacial score (nSPS) is 13.2. The van der Waals surface area contributed by atoms with Crippen LogP contribution in [0.25, 0.3) is 11.1 Å². The second-order valence-electron chi connectivity index (χ2n) is 7.42. The molecule has 2 N–H and O–H groups in total. The maximum atomic E-state index is 12.3. The molecule has 0 spiro atoms. The number of aromatic nitrogens is 1. The molecule has 1 heterocycles. The Kier molecular flexibility index (Phi) is 5.52. The molecule has 0 bridgehead atoms. The summed E-state index contributed by atoms with van der Waals surface area (Å²) in [7, 11) is 0. The molecule has 1 aliphatic carbocycles. The van der Waals surface area contributed by atoms with Gasteiger partial charge in [0.1, 0.15) is 0 Å². The van der Waals surface area contributed by atoms with E-state index in [-0.39, 0.29) is 42.0 Å². The van der Waals surface area contributed by atoms with Crippen molar-refractivity contribution >= 4 is 40.0 Å². The maximum Gasteiger partial charge on any atom is 0.419 e. The predicted molar refractivity (Wildman–Crippen MR) is 113 cm³/mol. The first-order valence-corrected chi connectivity index (χ1v) is 9.89. The number of aryl methyl sites for hydroxylation is 1. The van der Waals surface area contributed by atoms with E-state index in [1.165, 1.54) is 22.8 Å². The van der Waals surface area contributed by atoms with Crippen LogP contribution in [-0.4, -0.2) is 21.3 Å². The number of nitrogens with one attached hydrogen (secondary N) is 2. The fraction of sp³-hybridized carbons (Fsp3) is 0.286. The number of carbonyl (C=O) groups is 2. The van der Waals surface area contributed by atoms with Gasteiger partial charge in [0.05, 0.1) is 16.5 Å². The molecule has 0 saturated heterocycles. The van der Waals surface area contributed by atoms with Gasteiger partial charge >= 0.3 is 5.76 Å². The van der Waals surface area contributed by atoms with Crippen LogP contribution in [0.1, 0.15) is 25.7 Å². The molecule has 1 saturated carbocycles. The van der Waals surface area contributed by atoms with Crippen molar-refractivity contribution in [1.82, 2.24) is 4.57 Å². The number of hydrogen-bond donors (Lipinski definition) is 2. The van der Waals surface area contributed by atoms with E-state index in [2.05, 4.69) is 10.6 Å². The van der Waals surface area contributed by atoms with Gasteiger partial charge in [-0.2, -0.15) is 0 Å². The van der Waals surface area contributed by atoms with E-state index in [1.54, 1.807) is 24.3 Å². The van der Waals surface area contributed by atoms with Gasteiger partial charge in [-0.05, 0) is 43.5 Å². The number of non-ortho nitro benzene ring substituents is 1. The predicted octanol–water partition coefficient (Wildman–Crippen LogP) is 3.27. The lowest BCUT2D eigenvalue weighted by molar-refractivity contribution is -0.384. The molecule has 10 nitrogen and oxygen atoms in total. The molecule has 4 rings (SSSR count). The molecule has 10 heteroatoms. The van der Waals surface area contributed by atoms with Gasteiger partial charge in [0.15, 0.2) is 5.58 Å². The summed E-state index contributed by atoms with van der Waals surface area (Å²) in [6.07, 6.45) is 2.35. The van der Waals surface area contributed by atoms with Crippen LogP contribution >= 0.6 is 0 Å². The average molecular weight is 424 g/mol. The number of oxazole rings is 1. The fourth-order valence-corrected chi connectivity index (χ4v) is 3.27. The number of amides is 2. The Morgan fingerprint density at radius 1 is 1.13 bits per heavy atom. The molecular weight excluding hydrogens is 404 g/mol. The summed E-state index contributed by atoms with van der Waals surface area (Å²) < 4.78 is 6.42. The Balaban J connectivity index is 1.33. The fourth-order valence-electron chi connectivity index (χ4n) is 3.27. The maximum absolute atomic E-state index is 12.3. The molecule has 160 valence electrons. The number of benzene rings is 2. The van der Waals surface area contributed by atoms with Crippen molar-refractivity contribution in [3.8, 4) is 0 Å². The standard InChI is InChI=1S/C21H20N4O6/c26-19(22-14-3-1-4-15(11-14)23-20(27)13-6-7-13)5-2-10-24-17-9-8-16(25(29)30)12-18(17)31-21(24)28/h1,3-4,8-9,11-13H,2,5-7,10H2,(H,22,26)(H,23,27). The van der Waals surface area contributed by atoms with E-state index < -0.39 is 10.7 Å². The van der Waals surface area contributed by atoms with Crippen molar-refractivity contribution in [2.45, 2.75) is 32.2 Å². The smallest absolute Gasteiger partial charge is 0.407 e. The van der Waals surface area contributed by atoms with E-state index in [0.29, 0.717) is 23.3 Å². The molecule has 2 amide bonds. The van der Waals surface area contributed by atoms with E-state index in [0.717, 1.165) is 12.8 Å². The van der Waals surface area contributed by atoms with Crippen molar-refractivity contribution in [3.63, 3.8) is 0 Å². The summed E-state index contributed by atoms with van der Waals surface area (Å²) in [6.45, 7) is 0.231. The Bertz CT molecular complexity index is 1220. The van der Waals surface area contributed by atoms with Gasteiger partial charge in [-0.15, -0.1) is 0 Å². The first-order chi connectivity index (χ1) is 14.9. The highest BCUT2D eigenvalue weighted by atomic mass is 16.6. The highest BCUT2D eigenvalue weighted by Crippen LogP contribution is 2.30. The Labute approximate surface area is 176 Å². The van der Waals surface area contributed by atoms with Crippen LogP contribution in [-0.2, 0) is 16.1 Å². The number of nitro benzene ring substituents is 1. The number of nitro groups is 1. The van der Waals surface area contributed by atoms with Gasteiger partial charge in [0.2, 0.25) is 11.8 Å². The zero-order chi connectivity index (χ0) is 22.0. The average Bonchev–Trinajstić information content (AvgIpc) is 3.53. The van der Waals surface area contributed by atoms with Crippen LogP contribution in [0.3, 0.4) is 0 Å². The van der Waals surface area contributed by atoms with Crippen LogP contribution in [0.4, 0.5) is 17.1 Å². The molecule has 0 radical (unpaired) electrons. The first kappa shape index (κ1) is 20.3. The van der Waals surface area contributed by atoms with Crippen LogP contribution in [0.15, 0.2) is 51.7 Å². The van der Waals surface area contributed by atoms with Crippen molar-refractivity contribution < 1.29 is 18.9 Å². The number of fused-ring (bicyclic) bond motifs is 1. The number of carbonyl (C=O) groups excluding carboxylic acids is 2. The van der Waals surface area contributed by atoms with Crippen molar-refractivity contribution in [1.29, 1.82) is 0 Å². The number of nitrogens with zero attached hydrogens (tertiary/aromatic N) is 2. The Morgan fingerprint density at radius 3 is 2.58 bits per heavy atom. The molecule has 0 aliphatic heterocycles. The zero-order valence-electron chi connectivity index (χ0n) is 16.5. The van der Waals surface area contributed by atoms with E-state index in [9.17, 15) is 24.5 Å². The molecular formula is C21H20N4O6. The highest BCUT2D eigenvalue weighted by Gasteiger charge is 2.29. The molecule has 31 heavy (non-hydrogen) atoms. The molecule has 0 unspecified atom stereocenters. The minimum Gasteiger partial charge on any atom is -0.407 e. The Hall–Kier alpha value is -3.95. The topological polar surface area (TPSA) is 136 Å². The molecule has 1 aromatic heterocycles. The lowest BCUT2D eigenvalue weighted by Crippen LogP contribution is -2.17. The van der Waals surface area contributed by atoms with E-state index >= 15 is 0 Å². The van der Waals surface area contributed by atoms with Gasteiger partial charge in [0, 0.05) is 36.3 Å². The molecule has 3 aromatic rings. The lowest BCUT2D eigenvalue weighted by Gasteiger charge is -2.09. The van der Waals surface area contributed by atoms with Gasteiger partial charge in [0.25, 0.3) is 5.69 Å². The minimum atomic E-state index is -0.630. The largest absolute Gasteiger partial charge is 0.419 e. The number of hydrogen-bond acceptors (Lipinski definition) is 6. The van der Waals surface area contributed by atoms with Crippen LogP contribution in [0.2, 0.25) is 0 Å². The van der Waals surface area contributed by atoms with Crippen molar-refractivity contribution in [3.05, 3.63) is 63.1 Å². The summed E-state index contributed by atoms with van der Waals surface area (Å²) in [5, 5.41) is 16.5. The van der Waals surface area contributed by atoms with E-state index in [1.807, 2.05) is 0 Å². The molecule has 1 aliphatic rings. The number of rotatable bonds is 8. The quantitative estimate of drug-likeness (QED) is 0.421. The first-order valence-electron chi connectivity index (χ1n) is 9.89. The highest BCUT2D eigenvalue weighted by molar-refractivity contribution is 5.95. The third-order valence-electron chi connectivity index (χ3n) is 5.01. The zero-order valence-corrected chi connectivity index (χ0v) is 16.5. The second kappa shape index (κ2) is 8.42. The SMILES string of the molecule is O=C(CCCn1c(=O)oc2cc([N+](=O)[O-])ccc21)Nc1cccc(NC(=O)C2CC2)c1. The number of anilines is 2. The molecule has 1 fully saturated rings.